The van der Waals surface area contributed by atoms with Gasteiger partial charge in [-0.1, -0.05) is 23.4 Å². The highest BCUT2D eigenvalue weighted by atomic mass is 16.5. The fourth-order valence-electron chi connectivity index (χ4n) is 1.88. The van der Waals surface area contributed by atoms with Crippen molar-refractivity contribution < 1.29 is 9.26 Å². The van der Waals surface area contributed by atoms with Gasteiger partial charge in [0.15, 0.2) is 0 Å². The van der Waals surface area contributed by atoms with Crippen LogP contribution in [0.5, 0.6) is 5.75 Å². The van der Waals surface area contributed by atoms with E-state index in [-0.39, 0.29) is 0 Å². The summed E-state index contributed by atoms with van der Waals surface area (Å²) in [5, 5.41) is 7.27. The minimum Gasteiger partial charge on any atom is -0.496 e. The van der Waals surface area contributed by atoms with E-state index in [4.69, 9.17) is 9.26 Å². The van der Waals surface area contributed by atoms with Gasteiger partial charge in [-0.15, -0.1) is 0 Å². The van der Waals surface area contributed by atoms with Crippen LogP contribution in [0.4, 0.5) is 0 Å². The molecule has 1 aromatic heterocycles. The zero-order valence-corrected chi connectivity index (χ0v) is 10.7. The zero-order chi connectivity index (χ0) is 12.8. The number of rotatable bonds is 6. The van der Waals surface area contributed by atoms with Crippen LogP contribution in [0.3, 0.4) is 0 Å². The average Bonchev–Trinajstić information content (AvgIpc) is 2.90. The van der Waals surface area contributed by atoms with Crippen LogP contribution >= 0.6 is 0 Å². The van der Waals surface area contributed by atoms with E-state index < -0.39 is 0 Å². The normalized spacial score (nSPS) is 12.3. The summed E-state index contributed by atoms with van der Waals surface area (Å²) in [5.41, 5.74) is 2.13. The van der Waals surface area contributed by atoms with E-state index in [9.17, 15) is 0 Å². The van der Waals surface area contributed by atoms with Crippen molar-refractivity contribution in [2.75, 3.05) is 7.11 Å². The molecule has 0 saturated heterocycles. The van der Waals surface area contributed by atoms with Gasteiger partial charge in [-0.3, -0.25) is 0 Å². The van der Waals surface area contributed by atoms with E-state index in [1.807, 2.05) is 24.3 Å². The molecule has 1 heterocycles. The van der Waals surface area contributed by atoms with Crippen LogP contribution < -0.4 is 10.1 Å². The summed E-state index contributed by atoms with van der Waals surface area (Å²) in [5.74, 6) is 0.938. The molecule has 1 atom stereocenters. The van der Waals surface area contributed by atoms with Crippen LogP contribution in [0.15, 0.2) is 41.1 Å². The molecule has 4 heteroatoms. The Morgan fingerprint density at radius 2 is 2.17 bits per heavy atom. The third-order valence-corrected chi connectivity index (χ3v) is 2.84. The van der Waals surface area contributed by atoms with Crippen molar-refractivity contribution in [3.8, 4) is 5.75 Å². The summed E-state index contributed by atoms with van der Waals surface area (Å²) in [6.45, 7) is 2.86. The van der Waals surface area contributed by atoms with Crippen LogP contribution in [0.2, 0.25) is 0 Å². The molecule has 0 spiro atoms. The van der Waals surface area contributed by atoms with Gasteiger partial charge >= 0.3 is 0 Å². The highest BCUT2D eigenvalue weighted by Crippen LogP contribution is 2.18. The van der Waals surface area contributed by atoms with Gasteiger partial charge in [-0.05, 0) is 25.0 Å². The third kappa shape index (κ3) is 3.34. The van der Waals surface area contributed by atoms with Crippen molar-refractivity contribution in [1.82, 2.24) is 10.5 Å². The number of para-hydroxylation sites is 1. The van der Waals surface area contributed by atoms with Gasteiger partial charge in [0.1, 0.15) is 12.0 Å². The lowest BCUT2D eigenvalue weighted by Gasteiger charge is -2.15. The first kappa shape index (κ1) is 12.6. The Labute approximate surface area is 107 Å². The van der Waals surface area contributed by atoms with Gasteiger partial charge in [-0.25, -0.2) is 0 Å². The fourth-order valence-corrected chi connectivity index (χ4v) is 1.88. The number of hydrogen-bond acceptors (Lipinski definition) is 4. The molecule has 2 aromatic rings. The predicted octanol–water partition coefficient (Wildman–Crippen LogP) is 2.40. The van der Waals surface area contributed by atoms with Crippen molar-refractivity contribution >= 4 is 0 Å². The third-order valence-electron chi connectivity index (χ3n) is 2.84. The number of benzene rings is 1. The lowest BCUT2D eigenvalue weighted by Crippen LogP contribution is -2.27. The van der Waals surface area contributed by atoms with E-state index in [0.717, 1.165) is 17.9 Å². The molecule has 0 saturated carbocycles. The van der Waals surface area contributed by atoms with Gasteiger partial charge in [0.25, 0.3) is 0 Å². The van der Waals surface area contributed by atoms with Crippen LogP contribution in [-0.4, -0.2) is 18.3 Å². The summed E-state index contributed by atoms with van der Waals surface area (Å²) in [7, 11) is 1.70. The topological polar surface area (TPSA) is 47.3 Å². The smallest absolute Gasteiger partial charge is 0.124 e. The van der Waals surface area contributed by atoms with E-state index in [0.29, 0.717) is 12.6 Å². The first-order valence-corrected chi connectivity index (χ1v) is 6.04. The minimum absolute atomic E-state index is 0.345. The van der Waals surface area contributed by atoms with Crippen LogP contribution in [0, 0.1) is 0 Å². The molecule has 96 valence electrons. The molecule has 0 fully saturated rings. The van der Waals surface area contributed by atoms with E-state index in [1.165, 1.54) is 5.56 Å². The van der Waals surface area contributed by atoms with E-state index >= 15 is 0 Å². The number of methoxy groups -OCH3 is 1. The Morgan fingerprint density at radius 3 is 2.89 bits per heavy atom. The first-order chi connectivity index (χ1) is 8.79. The minimum atomic E-state index is 0.345. The molecule has 0 aliphatic heterocycles. The zero-order valence-electron chi connectivity index (χ0n) is 10.7. The highest BCUT2D eigenvalue weighted by molar-refractivity contribution is 5.33. The van der Waals surface area contributed by atoms with Gasteiger partial charge in [0.05, 0.1) is 12.8 Å². The van der Waals surface area contributed by atoms with Crippen molar-refractivity contribution in [3.63, 3.8) is 0 Å². The molecule has 1 N–H and O–H groups in total. The van der Waals surface area contributed by atoms with Crippen molar-refractivity contribution in [2.24, 2.45) is 0 Å². The van der Waals surface area contributed by atoms with Crippen molar-refractivity contribution in [2.45, 2.75) is 25.9 Å². The maximum atomic E-state index is 5.34. The van der Waals surface area contributed by atoms with Crippen molar-refractivity contribution in [1.29, 1.82) is 0 Å². The largest absolute Gasteiger partial charge is 0.496 e. The number of aromatic nitrogens is 1. The second kappa shape index (κ2) is 6.21. The summed E-state index contributed by atoms with van der Waals surface area (Å²) in [6.07, 6.45) is 2.50. The highest BCUT2D eigenvalue weighted by Gasteiger charge is 2.08. The Hall–Kier alpha value is -1.81. The lowest BCUT2D eigenvalue weighted by molar-refractivity contribution is 0.400. The molecular weight excluding hydrogens is 228 g/mol. The SMILES string of the molecule is COc1ccccc1CC(C)NCc1ccon1. The molecule has 1 aromatic carbocycles. The van der Waals surface area contributed by atoms with Gasteiger partial charge in [-0.2, -0.15) is 0 Å². The van der Waals surface area contributed by atoms with Crippen LogP contribution in [0.1, 0.15) is 18.2 Å². The molecule has 0 radical (unpaired) electrons. The molecule has 0 aliphatic carbocycles. The van der Waals surface area contributed by atoms with Crippen LogP contribution in [-0.2, 0) is 13.0 Å². The molecule has 2 rings (SSSR count). The second-order valence-electron chi connectivity index (χ2n) is 4.29. The quantitative estimate of drug-likeness (QED) is 0.850. The maximum Gasteiger partial charge on any atom is 0.124 e. The van der Waals surface area contributed by atoms with E-state index in [1.54, 1.807) is 13.4 Å². The van der Waals surface area contributed by atoms with Gasteiger partial charge in [0, 0.05) is 18.7 Å². The van der Waals surface area contributed by atoms with E-state index in [2.05, 4.69) is 23.5 Å². The summed E-state index contributed by atoms with van der Waals surface area (Å²) >= 11 is 0. The molecule has 18 heavy (non-hydrogen) atoms. The average molecular weight is 246 g/mol. The number of hydrogen-bond donors (Lipinski definition) is 1. The lowest BCUT2D eigenvalue weighted by atomic mass is 10.1. The molecule has 0 bridgehead atoms. The number of ether oxygens (including phenoxy) is 1. The standard InChI is InChI=1S/C14H18N2O2/c1-11(15-10-13-7-8-18-16-13)9-12-5-3-4-6-14(12)17-2/h3-8,11,15H,9-10H2,1-2H3. The monoisotopic (exact) mass is 246 g/mol. The van der Waals surface area contributed by atoms with Crippen molar-refractivity contribution in [3.05, 3.63) is 47.9 Å². The Morgan fingerprint density at radius 1 is 1.33 bits per heavy atom. The maximum absolute atomic E-state index is 5.34. The van der Waals surface area contributed by atoms with Gasteiger partial charge < -0.3 is 14.6 Å². The van der Waals surface area contributed by atoms with Crippen LogP contribution in [0.25, 0.3) is 0 Å². The Balaban J connectivity index is 1.88. The molecule has 1 unspecified atom stereocenters. The summed E-state index contributed by atoms with van der Waals surface area (Å²) in [4.78, 5) is 0. The predicted molar refractivity (Wildman–Crippen MR) is 69.5 cm³/mol. The molecule has 0 aliphatic rings. The van der Waals surface area contributed by atoms with Gasteiger partial charge in [0.2, 0.25) is 0 Å². The number of nitrogens with one attached hydrogen (secondary N) is 1. The molecular formula is C14H18N2O2. The molecule has 0 amide bonds. The summed E-state index contributed by atoms with van der Waals surface area (Å²) < 4.78 is 10.1. The molecule has 4 nitrogen and oxygen atoms in total. The number of nitrogens with zero attached hydrogens (tertiary/aromatic N) is 1. The Kier molecular flexibility index (Phi) is 4.36. The summed E-state index contributed by atoms with van der Waals surface area (Å²) in [6, 6.07) is 10.3. The Bertz CT molecular complexity index is 468. The second-order valence-corrected chi connectivity index (χ2v) is 4.29. The first-order valence-electron chi connectivity index (χ1n) is 6.04. The fraction of sp³-hybridized carbons (Fsp3) is 0.357.